The summed E-state index contributed by atoms with van der Waals surface area (Å²) in [4.78, 5) is 12.3. The Labute approximate surface area is 164 Å². The van der Waals surface area contributed by atoms with Gasteiger partial charge in [-0.3, -0.25) is 9.48 Å². The van der Waals surface area contributed by atoms with Crippen LogP contribution in [-0.2, 0) is 11.3 Å². The quantitative estimate of drug-likeness (QED) is 0.639. The minimum Gasteiger partial charge on any atom is -0.322 e. The first-order valence-corrected chi connectivity index (χ1v) is 9.18. The van der Waals surface area contributed by atoms with E-state index >= 15 is 0 Å². The van der Waals surface area contributed by atoms with Gasteiger partial charge in [0.15, 0.2) is 0 Å². The van der Waals surface area contributed by atoms with Crippen LogP contribution >= 0.6 is 0 Å². The van der Waals surface area contributed by atoms with E-state index in [9.17, 15) is 9.18 Å². The minimum absolute atomic E-state index is 0.264. The molecule has 144 valence electrons. The average molecular weight is 377 g/mol. The fourth-order valence-corrected chi connectivity index (χ4v) is 3.07. The Balaban J connectivity index is 1.73. The monoisotopic (exact) mass is 377 g/mol. The van der Waals surface area contributed by atoms with E-state index in [4.69, 9.17) is 0 Å². The van der Waals surface area contributed by atoms with Gasteiger partial charge in [0.25, 0.3) is 0 Å². The van der Waals surface area contributed by atoms with Crippen molar-refractivity contribution in [2.75, 3.05) is 5.32 Å². The van der Waals surface area contributed by atoms with Crippen molar-refractivity contribution in [3.8, 4) is 0 Å². The summed E-state index contributed by atoms with van der Waals surface area (Å²) in [6, 6.07) is 12.7. The van der Waals surface area contributed by atoms with E-state index < -0.39 is 0 Å². The third-order valence-electron chi connectivity index (χ3n) is 4.74. The van der Waals surface area contributed by atoms with Crippen LogP contribution in [0, 0.1) is 33.5 Å². The molecule has 0 bridgehead atoms. The number of aryl methyl sites for hydroxylation is 3. The number of aromatic nitrogens is 2. The van der Waals surface area contributed by atoms with Crippen molar-refractivity contribution >= 4 is 17.7 Å². The molecule has 0 aliphatic rings. The molecule has 0 spiro atoms. The number of hydrogen-bond donors (Lipinski definition) is 1. The Morgan fingerprint density at radius 2 is 1.82 bits per heavy atom. The number of amides is 1. The van der Waals surface area contributed by atoms with Gasteiger partial charge in [-0.25, -0.2) is 4.39 Å². The van der Waals surface area contributed by atoms with Gasteiger partial charge < -0.3 is 5.32 Å². The Bertz CT molecular complexity index is 1030. The van der Waals surface area contributed by atoms with Crippen molar-refractivity contribution in [3.63, 3.8) is 0 Å². The molecular weight excluding hydrogens is 353 g/mol. The maximum absolute atomic E-state index is 13.2. The van der Waals surface area contributed by atoms with Gasteiger partial charge in [0.1, 0.15) is 5.82 Å². The molecule has 0 saturated carbocycles. The normalized spacial score (nSPS) is 11.2. The lowest BCUT2D eigenvalue weighted by Gasteiger charge is -2.06. The lowest BCUT2D eigenvalue weighted by atomic mass is 10.1. The summed E-state index contributed by atoms with van der Waals surface area (Å²) in [7, 11) is 0. The highest BCUT2D eigenvalue weighted by Crippen LogP contribution is 2.18. The molecule has 0 saturated heterocycles. The molecule has 4 nitrogen and oxygen atoms in total. The number of hydrogen-bond acceptors (Lipinski definition) is 2. The van der Waals surface area contributed by atoms with Crippen molar-refractivity contribution in [2.24, 2.45) is 0 Å². The summed E-state index contributed by atoms with van der Waals surface area (Å²) in [5, 5.41) is 7.38. The van der Waals surface area contributed by atoms with Gasteiger partial charge >= 0.3 is 0 Å². The van der Waals surface area contributed by atoms with Gasteiger partial charge in [0.05, 0.1) is 12.2 Å². The van der Waals surface area contributed by atoms with Crippen LogP contribution in [0.15, 0.2) is 48.5 Å². The van der Waals surface area contributed by atoms with E-state index in [1.807, 2.05) is 18.5 Å². The second kappa shape index (κ2) is 8.21. The van der Waals surface area contributed by atoms with Gasteiger partial charge in [-0.2, -0.15) is 5.10 Å². The van der Waals surface area contributed by atoms with Crippen molar-refractivity contribution in [1.82, 2.24) is 9.78 Å². The number of carbonyl (C=O) groups is 1. The number of benzene rings is 2. The highest BCUT2D eigenvalue weighted by molar-refractivity contribution is 6.02. The molecule has 0 aliphatic heterocycles. The molecule has 0 fully saturated rings. The van der Waals surface area contributed by atoms with Gasteiger partial charge in [-0.1, -0.05) is 29.8 Å². The van der Waals surface area contributed by atoms with Crippen molar-refractivity contribution < 1.29 is 9.18 Å². The predicted octanol–water partition coefficient (Wildman–Crippen LogP) is 4.96. The molecule has 0 atom stereocenters. The summed E-state index contributed by atoms with van der Waals surface area (Å²) in [6.07, 6.45) is 3.26. The maximum Gasteiger partial charge on any atom is 0.248 e. The zero-order chi connectivity index (χ0) is 20.3. The third-order valence-corrected chi connectivity index (χ3v) is 4.74. The minimum atomic E-state index is -0.321. The molecule has 0 aliphatic carbocycles. The zero-order valence-electron chi connectivity index (χ0n) is 16.6. The first-order valence-electron chi connectivity index (χ1n) is 9.18. The number of carbonyl (C=O) groups excluding carboxylic acids is 1. The van der Waals surface area contributed by atoms with E-state index in [0.717, 1.165) is 17.0 Å². The second-order valence-electron chi connectivity index (χ2n) is 7.01. The topological polar surface area (TPSA) is 46.9 Å². The summed E-state index contributed by atoms with van der Waals surface area (Å²) in [6.45, 7) is 8.43. The van der Waals surface area contributed by atoms with Crippen molar-refractivity contribution in [3.05, 3.63) is 88.0 Å². The van der Waals surface area contributed by atoms with E-state index in [0.29, 0.717) is 17.8 Å². The summed E-state index contributed by atoms with van der Waals surface area (Å²) in [5.41, 5.74) is 6.48. The third kappa shape index (κ3) is 4.55. The van der Waals surface area contributed by atoms with Crippen LogP contribution in [0.1, 0.15) is 33.6 Å². The largest absolute Gasteiger partial charge is 0.322 e. The highest BCUT2D eigenvalue weighted by atomic mass is 19.1. The number of halogens is 1. The van der Waals surface area contributed by atoms with E-state index in [2.05, 4.69) is 41.6 Å². The van der Waals surface area contributed by atoms with Gasteiger partial charge in [-0.05, 0) is 63.1 Å². The number of rotatable bonds is 5. The SMILES string of the molecule is Cc1ccc(Cn2nc(C)c(/C=C/C(=O)Nc3ccc(F)cc3C)c2C)cc1. The van der Waals surface area contributed by atoms with Gasteiger partial charge in [-0.15, -0.1) is 0 Å². The summed E-state index contributed by atoms with van der Waals surface area (Å²) >= 11 is 0. The molecule has 0 unspecified atom stereocenters. The zero-order valence-corrected chi connectivity index (χ0v) is 16.6. The van der Waals surface area contributed by atoms with Crippen LogP contribution < -0.4 is 5.32 Å². The molecule has 1 amide bonds. The first-order chi connectivity index (χ1) is 13.3. The molecule has 2 aromatic carbocycles. The predicted molar refractivity (Wildman–Crippen MR) is 111 cm³/mol. The molecule has 5 heteroatoms. The molecule has 1 aromatic heterocycles. The molecule has 1 N–H and O–H groups in total. The number of nitrogens with zero attached hydrogens (tertiary/aromatic N) is 2. The highest BCUT2D eigenvalue weighted by Gasteiger charge is 2.10. The van der Waals surface area contributed by atoms with Crippen LogP contribution in [0.2, 0.25) is 0 Å². The Morgan fingerprint density at radius 3 is 2.50 bits per heavy atom. The molecule has 3 aromatic rings. The number of nitrogens with one attached hydrogen (secondary N) is 1. The van der Waals surface area contributed by atoms with Crippen LogP contribution in [0.4, 0.5) is 10.1 Å². The van der Waals surface area contributed by atoms with Crippen LogP contribution in [-0.4, -0.2) is 15.7 Å². The van der Waals surface area contributed by atoms with E-state index in [1.54, 1.807) is 19.1 Å². The van der Waals surface area contributed by atoms with Crippen LogP contribution in [0.5, 0.6) is 0 Å². The van der Waals surface area contributed by atoms with Crippen molar-refractivity contribution in [1.29, 1.82) is 0 Å². The lowest BCUT2D eigenvalue weighted by molar-refractivity contribution is -0.111. The molecule has 28 heavy (non-hydrogen) atoms. The van der Waals surface area contributed by atoms with Crippen molar-refractivity contribution in [2.45, 2.75) is 34.2 Å². The standard InChI is InChI=1S/C23H24FN3O/c1-15-5-7-19(8-6-15)14-27-18(4)21(17(3)26-27)10-12-23(28)25-22-11-9-20(24)13-16(22)2/h5-13H,14H2,1-4H3,(H,25,28)/b12-10+. The smallest absolute Gasteiger partial charge is 0.248 e. The Morgan fingerprint density at radius 1 is 1.11 bits per heavy atom. The summed E-state index contributed by atoms with van der Waals surface area (Å²) < 4.78 is 15.1. The van der Waals surface area contributed by atoms with E-state index in [1.165, 1.54) is 29.3 Å². The van der Waals surface area contributed by atoms with E-state index in [-0.39, 0.29) is 11.7 Å². The molecule has 0 radical (unpaired) electrons. The maximum atomic E-state index is 13.2. The molecular formula is C23H24FN3O. The Hall–Kier alpha value is -3.21. The average Bonchev–Trinajstić information content (AvgIpc) is 2.91. The fourth-order valence-electron chi connectivity index (χ4n) is 3.07. The van der Waals surface area contributed by atoms with Crippen LogP contribution in [0.3, 0.4) is 0 Å². The molecule has 3 rings (SSSR count). The van der Waals surface area contributed by atoms with Gasteiger partial charge in [0, 0.05) is 23.0 Å². The second-order valence-corrected chi connectivity index (χ2v) is 7.01. The molecule has 1 heterocycles. The fraction of sp³-hybridized carbons (Fsp3) is 0.217. The Kier molecular flexibility index (Phi) is 5.73. The first kappa shape index (κ1) is 19.5. The lowest BCUT2D eigenvalue weighted by Crippen LogP contribution is -2.09. The number of anilines is 1. The van der Waals surface area contributed by atoms with Gasteiger partial charge in [0.2, 0.25) is 5.91 Å². The van der Waals surface area contributed by atoms with Crippen LogP contribution in [0.25, 0.3) is 6.08 Å². The summed E-state index contributed by atoms with van der Waals surface area (Å²) in [5.74, 6) is -0.585.